The molecule has 0 N–H and O–H groups in total. The van der Waals surface area contributed by atoms with Crippen molar-refractivity contribution in [2.24, 2.45) is 5.16 Å². The van der Waals surface area contributed by atoms with Crippen molar-refractivity contribution >= 4 is 12.4 Å². The summed E-state index contributed by atoms with van der Waals surface area (Å²) in [4.78, 5) is 7.20. The van der Waals surface area contributed by atoms with Crippen LogP contribution in [0.4, 0.5) is 5.69 Å². The lowest BCUT2D eigenvalue weighted by Gasteiger charge is -2.28. The lowest BCUT2D eigenvalue weighted by atomic mass is 10.2. The first-order valence-electron chi connectivity index (χ1n) is 5.40. The molecule has 0 spiro atoms. The summed E-state index contributed by atoms with van der Waals surface area (Å²) in [6.07, 6.45) is 0. The molecule has 2 rings (SSSR count). The predicted octanol–water partition coefficient (Wildman–Crippen LogP) is 1.66. The first kappa shape index (κ1) is 11.0. The van der Waals surface area contributed by atoms with E-state index < -0.39 is 0 Å². The topological polar surface area (TPSA) is 34.1 Å². The molecule has 1 saturated heterocycles. The van der Waals surface area contributed by atoms with Gasteiger partial charge in [0.05, 0.1) is 13.2 Å². The maximum atomic E-state index is 5.32. The van der Waals surface area contributed by atoms with Crippen molar-refractivity contribution in [1.82, 2.24) is 0 Å². The summed E-state index contributed by atoms with van der Waals surface area (Å²) in [5.41, 5.74) is 2.34. The highest BCUT2D eigenvalue weighted by Gasteiger charge is 2.10. The average molecular weight is 220 g/mol. The number of rotatable bonds is 4. The Kier molecular flexibility index (Phi) is 3.77. The summed E-state index contributed by atoms with van der Waals surface area (Å²) in [5, 5.41) is 3.37. The minimum absolute atomic E-state index is 0.479. The van der Waals surface area contributed by atoms with E-state index in [4.69, 9.17) is 9.57 Å². The zero-order valence-electron chi connectivity index (χ0n) is 9.26. The van der Waals surface area contributed by atoms with Crippen LogP contribution >= 0.6 is 0 Å². The van der Waals surface area contributed by atoms with E-state index in [2.05, 4.69) is 41.0 Å². The number of hydrogen-bond donors (Lipinski definition) is 0. The molecular weight excluding hydrogens is 204 g/mol. The zero-order valence-corrected chi connectivity index (χ0v) is 9.26. The van der Waals surface area contributed by atoms with Gasteiger partial charge < -0.3 is 14.5 Å². The molecule has 1 heterocycles. The van der Waals surface area contributed by atoms with E-state index >= 15 is 0 Å². The van der Waals surface area contributed by atoms with E-state index in [0.29, 0.717) is 6.61 Å². The van der Waals surface area contributed by atoms with Crippen molar-refractivity contribution in [3.63, 3.8) is 0 Å². The molecule has 1 aliphatic heterocycles. The number of anilines is 1. The third-order valence-corrected chi connectivity index (χ3v) is 2.64. The number of nitrogens with zero attached hydrogens (tertiary/aromatic N) is 2. The second-order valence-corrected chi connectivity index (χ2v) is 3.67. The van der Waals surface area contributed by atoms with Crippen LogP contribution < -0.4 is 4.90 Å². The van der Waals surface area contributed by atoms with Crippen LogP contribution in [0.3, 0.4) is 0 Å². The third-order valence-electron chi connectivity index (χ3n) is 2.64. The minimum atomic E-state index is 0.479. The molecule has 0 aliphatic carbocycles. The number of benzene rings is 1. The van der Waals surface area contributed by atoms with Crippen molar-refractivity contribution < 1.29 is 9.57 Å². The van der Waals surface area contributed by atoms with Crippen LogP contribution in [-0.4, -0.2) is 33.0 Å². The fourth-order valence-corrected chi connectivity index (χ4v) is 1.74. The van der Waals surface area contributed by atoms with Crippen LogP contribution in [0.2, 0.25) is 0 Å². The van der Waals surface area contributed by atoms with Crippen molar-refractivity contribution in [2.75, 3.05) is 31.2 Å². The molecule has 0 radical (unpaired) electrons. The van der Waals surface area contributed by atoms with Crippen LogP contribution in [-0.2, 0) is 16.2 Å². The Labute approximate surface area is 95.5 Å². The molecule has 4 heteroatoms. The van der Waals surface area contributed by atoms with Gasteiger partial charge in [-0.15, -0.1) is 5.16 Å². The van der Waals surface area contributed by atoms with Crippen molar-refractivity contribution in [3.05, 3.63) is 29.8 Å². The first-order valence-corrected chi connectivity index (χ1v) is 5.40. The Balaban J connectivity index is 1.97. The van der Waals surface area contributed by atoms with Gasteiger partial charge in [-0.2, -0.15) is 0 Å². The van der Waals surface area contributed by atoms with Gasteiger partial charge in [-0.3, -0.25) is 0 Å². The molecule has 1 fully saturated rings. The second kappa shape index (κ2) is 5.51. The maximum absolute atomic E-state index is 5.32. The molecule has 0 amide bonds. The normalized spacial score (nSPS) is 15.9. The molecule has 4 nitrogen and oxygen atoms in total. The van der Waals surface area contributed by atoms with Gasteiger partial charge in [-0.25, -0.2) is 0 Å². The number of oxime groups is 1. The van der Waals surface area contributed by atoms with Crippen LogP contribution in [0, 0.1) is 0 Å². The number of ether oxygens (including phenoxy) is 1. The van der Waals surface area contributed by atoms with E-state index in [-0.39, 0.29) is 0 Å². The molecule has 16 heavy (non-hydrogen) atoms. The van der Waals surface area contributed by atoms with Gasteiger partial charge in [0.15, 0.2) is 0 Å². The molecular formula is C12H16N2O2. The zero-order chi connectivity index (χ0) is 11.2. The molecule has 1 aromatic carbocycles. The summed E-state index contributed by atoms with van der Waals surface area (Å²) in [6.45, 7) is 7.30. The predicted molar refractivity (Wildman–Crippen MR) is 63.8 cm³/mol. The van der Waals surface area contributed by atoms with Crippen LogP contribution in [0.15, 0.2) is 29.4 Å². The summed E-state index contributed by atoms with van der Waals surface area (Å²) >= 11 is 0. The highest BCUT2D eigenvalue weighted by molar-refractivity contribution is 5.47. The highest BCUT2D eigenvalue weighted by Crippen LogP contribution is 2.16. The highest BCUT2D eigenvalue weighted by atomic mass is 16.6. The molecule has 86 valence electrons. The van der Waals surface area contributed by atoms with Gasteiger partial charge in [-0.05, 0) is 17.7 Å². The Morgan fingerprint density at radius 3 is 2.56 bits per heavy atom. The largest absolute Gasteiger partial charge is 0.391 e. The van der Waals surface area contributed by atoms with Crippen molar-refractivity contribution in [2.45, 2.75) is 6.61 Å². The third kappa shape index (κ3) is 2.73. The standard InChI is InChI=1S/C12H16N2O2/c1-13-16-10-11-2-4-12(5-3-11)14-6-8-15-9-7-14/h2-5H,1,6-10H2. The number of hydrogen-bond acceptors (Lipinski definition) is 4. The van der Waals surface area contributed by atoms with E-state index in [9.17, 15) is 0 Å². The molecule has 0 unspecified atom stereocenters. The maximum Gasteiger partial charge on any atom is 0.142 e. The Morgan fingerprint density at radius 2 is 1.94 bits per heavy atom. The van der Waals surface area contributed by atoms with Crippen LogP contribution in [0.5, 0.6) is 0 Å². The Morgan fingerprint density at radius 1 is 1.25 bits per heavy atom. The molecule has 1 aliphatic rings. The Bertz CT molecular complexity index is 331. The van der Waals surface area contributed by atoms with E-state index in [1.807, 2.05) is 0 Å². The number of morpholine rings is 1. The van der Waals surface area contributed by atoms with Gasteiger partial charge in [-0.1, -0.05) is 12.1 Å². The molecule has 0 saturated carbocycles. The van der Waals surface area contributed by atoms with Crippen molar-refractivity contribution in [3.8, 4) is 0 Å². The Hall–Kier alpha value is -1.55. The van der Waals surface area contributed by atoms with E-state index in [0.717, 1.165) is 31.9 Å². The quantitative estimate of drug-likeness (QED) is 0.571. The second-order valence-electron chi connectivity index (χ2n) is 3.67. The van der Waals surface area contributed by atoms with Crippen LogP contribution in [0.25, 0.3) is 0 Å². The van der Waals surface area contributed by atoms with Gasteiger partial charge in [0, 0.05) is 25.5 Å². The fraction of sp³-hybridized carbons (Fsp3) is 0.417. The van der Waals surface area contributed by atoms with Gasteiger partial charge in [0.25, 0.3) is 0 Å². The van der Waals surface area contributed by atoms with E-state index in [1.165, 1.54) is 5.69 Å². The van der Waals surface area contributed by atoms with Crippen LogP contribution in [0.1, 0.15) is 5.56 Å². The fourth-order valence-electron chi connectivity index (χ4n) is 1.74. The average Bonchev–Trinajstić information content (AvgIpc) is 2.38. The smallest absolute Gasteiger partial charge is 0.142 e. The van der Waals surface area contributed by atoms with Gasteiger partial charge in [0.2, 0.25) is 0 Å². The SMILES string of the molecule is C=NOCc1ccc(N2CCOCC2)cc1. The summed E-state index contributed by atoms with van der Waals surface area (Å²) in [5.74, 6) is 0. The lowest BCUT2D eigenvalue weighted by molar-refractivity contribution is 0.122. The van der Waals surface area contributed by atoms with E-state index in [1.54, 1.807) is 0 Å². The molecule has 0 atom stereocenters. The monoisotopic (exact) mass is 220 g/mol. The summed E-state index contributed by atoms with van der Waals surface area (Å²) < 4.78 is 5.32. The van der Waals surface area contributed by atoms with Gasteiger partial charge >= 0.3 is 0 Å². The lowest BCUT2D eigenvalue weighted by Crippen LogP contribution is -2.36. The minimum Gasteiger partial charge on any atom is -0.391 e. The summed E-state index contributed by atoms with van der Waals surface area (Å²) in [6, 6.07) is 8.31. The van der Waals surface area contributed by atoms with Gasteiger partial charge in [0.1, 0.15) is 6.61 Å². The first-order chi connectivity index (χ1) is 7.90. The molecule has 0 bridgehead atoms. The summed E-state index contributed by atoms with van der Waals surface area (Å²) in [7, 11) is 0. The molecule has 1 aromatic rings. The molecule has 0 aromatic heterocycles. The van der Waals surface area contributed by atoms with Crippen molar-refractivity contribution in [1.29, 1.82) is 0 Å².